The second kappa shape index (κ2) is 10.2. The Hall–Kier alpha value is -3.02. The number of fused-ring (bicyclic) bond motifs is 2. The van der Waals surface area contributed by atoms with E-state index < -0.39 is 0 Å². The molecule has 7 nitrogen and oxygen atoms in total. The van der Waals surface area contributed by atoms with Crippen LogP contribution in [0.3, 0.4) is 0 Å². The summed E-state index contributed by atoms with van der Waals surface area (Å²) in [6, 6.07) is 17.3. The van der Waals surface area contributed by atoms with Crippen LogP contribution < -0.4 is 4.90 Å². The van der Waals surface area contributed by atoms with Crippen molar-refractivity contribution < 1.29 is 9.47 Å². The molecule has 3 aliphatic rings. The first kappa shape index (κ1) is 23.4. The Bertz CT molecular complexity index is 1280. The number of hydrogen-bond donors (Lipinski definition) is 0. The van der Waals surface area contributed by atoms with Crippen molar-refractivity contribution >= 4 is 16.6 Å². The average Bonchev–Trinajstić information content (AvgIpc) is 3.29. The molecule has 4 heterocycles. The van der Waals surface area contributed by atoms with Crippen LogP contribution in [-0.4, -0.2) is 72.9 Å². The van der Waals surface area contributed by atoms with Crippen LogP contribution >= 0.6 is 0 Å². The number of ether oxygens (including phenoxy) is 2. The highest BCUT2D eigenvalue weighted by Gasteiger charge is 2.30. The van der Waals surface area contributed by atoms with Crippen LogP contribution in [0.1, 0.15) is 29.2 Å². The van der Waals surface area contributed by atoms with E-state index in [2.05, 4.69) is 63.0 Å². The second-order valence-corrected chi connectivity index (χ2v) is 10.3. The molecule has 6 rings (SSSR count). The summed E-state index contributed by atoms with van der Waals surface area (Å²) < 4.78 is 11.9. The van der Waals surface area contributed by atoms with Gasteiger partial charge >= 0.3 is 0 Å². The highest BCUT2D eigenvalue weighted by atomic mass is 16.5. The van der Waals surface area contributed by atoms with Crippen LogP contribution in [0.4, 0.5) is 5.69 Å². The topological polar surface area (TPSA) is 64.9 Å². The fraction of sp³-hybridized carbons (Fsp3) is 0.448. The lowest BCUT2D eigenvalue weighted by Crippen LogP contribution is -2.50. The van der Waals surface area contributed by atoms with Gasteiger partial charge in [-0.3, -0.25) is 14.8 Å². The Morgan fingerprint density at radius 1 is 1.03 bits per heavy atom. The van der Waals surface area contributed by atoms with E-state index in [4.69, 9.17) is 9.47 Å². The minimum Gasteiger partial charge on any atom is -0.379 e. The molecular formula is C29H33N5O2. The summed E-state index contributed by atoms with van der Waals surface area (Å²) in [6.45, 7) is 11.4. The van der Waals surface area contributed by atoms with E-state index in [0.29, 0.717) is 5.56 Å². The molecule has 7 heteroatoms. The molecule has 0 radical (unpaired) electrons. The van der Waals surface area contributed by atoms with Crippen LogP contribution in [0.5, 0.6) is 0 Å². The maximum absolute atomic E-state index is 9.52. The van der Waals surface area contributed by atoms with Crippen molar-refractivity contribution in [2.24, 2.45) is 0 Å². The van der Waals surface area contributed by atoms with Crippen LogP contribution in [0, 0.1) is 11.3 Å². The molecule has 186 valence electrons. The van der Waals surface area contributed by atoms with Gasteiger partial charge in [0.1, 0.15) is 6.07 Å². The minimum absolute atomic E-state index is 0.123. The highest BCUT2D eigenvalue weighted by Crippen LogP contribution is 2.31. The highest BCUT2D eigenvalue weighted by molar-refractivity contribution is 5.95. The normalized spacial score (nSPS) is 23.1. The molecule has 1 aromatic heterocycles. The Kier molecular flexibility index (Phi) is 6.60. The lowest BCUT2D eigenvalue weighted by atomic mass is 10.1. The zero-order chi connectivity index (χ0) is 24.5. The molecule has 2 fully saturated rings. The number of hydrogen-bond acceptors (Lipinski definition) is 7. The molecule has 0 bridgehead atoms. The molecule has 2 aromatic carbocycles. The summed E-state index contributed by atoms with van der Waals surface area (Å²) in [4.78, 5) is 11.9. The van der Waals surface area contributed by atoms with Gasteiger partial charge in [0.05, 0.1) is 36.5 Å². The Morgan fingerprint density at radius 3 is 2.75 bits per heavy atom. The zero-order valence-electron chi connectivity index (χ0n) is 20.9. The molecule has 2 atom stereocenters. The monoisotopic (exact) mass is 483 g/mol. The predicted octanol–water partition coefficient (Wildman–Crippen LogP) is 3.55. The number of morpholine rings is 2. The third-order valence-electron chi connectivity index (χ3n) is 7.56. The molecule has 0 unspecified atom stereocenters. The molecular weight excluding hydrogens is 450 g/mol. The maximum Gasteiger partial charge on any atom is 0.101 e. The van der Waals surface area contributed by atoms with Crippen molar-refractivity contribution in [2.75, 3.05) is 50.8 Å². The van der Waals surface area contributed by atoms with Crippen molar-refractivity contribution in [3.8, 4) is 6.07 Å². The number of pyridine rings is 1. The van der Waals surface area contributed by atoms with E-state index in [0.717, 1.165) is 82.2 Å². The summed E-state index contributed by atoms with van der Waals surface area (Å²) in [5.74, 6) is 0. The molecule has 0 saturated carbocycles. The average molecular weight is 484 g/mol. The number of rotatable bonds is 5. The van der Waals surface area contributed by atoms with Gasteiger partial charge in [-0.1, -0.05) is 18.2 Å². The van der Waals surface area contributed by atoms with E-state index in [1.165, 1.54) is 16.7 Å². The van der Waals surface area contributed by atoms with Gasteiger partial charge in [0.15, 0.2) is 0 Å². The summed E-state index contributed by atoms with van der Waals surface area (Å²) in [7, 11) is 0. The molecule has 3 aromatic rings. The van der Waals surface area contributed by atoms with Gasteiger partial charge in [0.2, 0.25) is 0 Å². The predicted molar refractivity (Wildman–Crippen MR) is 140 cm³/mol. The number of nitriles is 1. The van der Waals surface area contributed by atoms with E-state index in [9.17, 15) is 5.26 Å². The van der Waals surface area contributed by atoms with E-state index in [-0.39, 0.29) is 12.2 Å². The zero-order valence-corrected chi connectivity index (χ0v) is 20.9. The van der Waals surface area contributed by atoms with Gasteiger partial charge in [0.25, 0.3) is 0 Å². The number of anilines is 1. The fourth-order valence-electron chi connectivity index (χ4n) is 5.92. The van der Waals surface area contributed by atoms with Crippen molar-refractivity contribution in [3.05, 3.63) is 70.9 Å². The second-order valence-electron chi connectivity index (χ2n) is 10.3. The minimum atomic E-state index is 0.123. The van der Waals surface area contributed by atoms with Gasteiger partial charge in [0, 0.05) is 69.6 Å². The number of nitrogens with zero attached hydrogens (tertiary/aromatic N) is 5. The van der Waals surface area contributed by atoms with E-state index in [1.807, 2.05) is 12.1 Å². The third-order valence-corrected chi connectivity index (χ3v) is 7.56. The van der Waals surface area contributed by atoms with Crippen LogP contribution in [0.25, 0.3) is 10.9 Å². The van der Waals surface area contributed by atoms with Crippen molar-refractivity contribution in [2.45, 2.75) is 38.8 Å². The number of aromatic nitrogens is 1. The van der Waals surface area contributed by atoms with Gasteiger partial charge in [-0.25, -0.2) is 0 Å². The van der Waals surface area contributed by atoms with Crippen molar-refractivity contribution in [1.29, 1.82) is 5.26 Å². The number of benzene rings is 2. The lowest BCUT2D eigenvalue weighted by molar-refractivity contribution is -0.0329. The largest absolute Gasteiger partial charge is 0.379 e. The SMILES string of the molecule is C[C@@H]1CN(c2ccc(C#N)c3ncccc23)C[C@H](CN2Cc3ccc(CN4CCOCC4)cc3C2)O1. The third kappa shape index (κ3) is 4.82. The smallest absolute Gasteiger partial charge is 0.101 e. The summed E-state index contributed by atoms with van der Waals surface area (Å²) in [6.07, 6.45) is 2.02. The summed E-state index contributed by atoms with van der Waals surface area (Å²) in [5, 5.41) is 10.6. The maximum atomic E-state index is 9.52. The summed E-state index contributed by atoms with van der Waals surface area (Å²) in [5.41, 5.74) is 6.81. The molecule has 0 aliphatic carbocycles. The molecule has 2 saturated heterocycles. The Balaban J connectivity index is 1.14. The molecule has 3 aliphatic heterocycles. The quantitative estimate of drug-likeness (QED) is 0.550. The van der Waals surface area contributed by atoms with Gasteiger partial charge < -0.3 is 14.4 Å². The van der Waals surface area contributed by atoms with Crippen LogP contribution in [-0.2, 0) is 29.1 Å². The first-order valence-corrected chi connectivity index (χ1v) is 13.0. The van der Waals surface area contributed by atoms with Crippen LogP contribution in [0.15, 0.2) is 48.7 Å². The fourth-order valence-corrected chi connectivity index (χ4v) is 5.92. The standard InChI is InChI=1S/C29H33N5O2/c1-21-15-34(28-7-6-23(14-30)29-27(28)3-2-8-31-29)20-26(36-21)19-33-17-24-5-4-22(13-25(24)18-33)16-32-9-11-35-12-10-32/h2-8,13,21,26H,9-12,15-20H2,1H3/t21-,26+/m1/s1. The van der Waals surface area contributed by atoms with Gasteiger partial charge in [-0.2, -0.15) is 5.26 Å². The Labute approximate surface area is 212 Å². The van der Waals surface area contributed by atoms with E-state index >= 15 is 0 Å². The first-order chi connectivity index (χ1) is 17.7. The van der Waals surface area contributed by atoms with Gasteiger partial charge in [-0.15, -0.1) is 0 Å². The van der Waals surface area contributed by atoms with Gasteiger partial charge in [-0.05, 0) is 47.9 Å². The van der Waals surface area contributed by atoms with Crippen molar-refractivity contribution in [3.63, 3.8) is 0 Å². The Morgan fingerprint density at radius 2 is 1.89 bits per heavy atom. The summed E-state index contributed by atoms with van der Waals surface area (Å²) >= 11 is 0. The molecule has 36 heavy (non-hydrogen) atoms. The van der Waals surface area contributed by atoms with Crippen LogP contribution in [0.2, 0.25) is 0 Å². The van der Waals surface area contributed by atoms with E-state index in [1.54, 1.807) is 6.20 Å². The molecule has 0 amide bonds. The van der Waals surface area contributed by atoms with Crippen molar-refractivity contribution in [1.82, 2.24) is 14.8 Å². The molecule has 0 spiro atoms. The first-order valence-electron chi connectivity index (χ1n) is 13.0. The molecule has 0 N–H and O–H groups in total. The lowest BCUT2D eigenvalue weighted by Gasteiger charge is -2.40.